The molecule has 0 radical (unpaired) electrons. The van der Waals surface area contributed by atoms with Gasteiger partial charge in [-0.1, -0.05) is 62.7 Å². The summed E-state index contributed by atoms with van der Waals surface area (Å²) in [4.78, 5) is 98.2. The lowest BCUT2D eigenvalue weighted by Gasteiger charge is -2.07. The SMILES string of the molecule is CCCc1cccc2[nH]c(=O)oc(=O)c12.CCc1cccc2[nH]c(=O)oc(=O)c12.Cc1cccc2c(=O)oc(=O)[nH]c12.O=c1[nH]c2cccc(C(F)(F)F)c2c(=O)o1. The average molecular weight is 805 g/mol. The molecule has 58 heavy (non-hydrogen) atoms. The molecule has 0 aliphatic carbocycles. The molecule has 4 N–H and O–H groups in total. The van der Waals surface area contributed by atoms with Gasteiger partial charge >= 0.3 is 51.7 Å². The Bertz CT molecular complexity index is 3280. The molecule has 0 saturated carbocycles. The van der Waals surface area contributed by atoms with Crippen LogP contribution in [-0.2, 0) is 19.0 Å². The molecule has 0 aliphatic heterocycles. The minimum absolute atomic E-state index is 0.198. The van der Waals surface area contributed by atoms with Crippen molar-refractivity contribution >= 4 is 43.6 Å². The smallest absolute Gasteiger partial charge is 0.372 e. The standard InChI is InChI=1S/C11H11NO3.C10H9NO3.C9H4F3NO3.C9H7NO3/c1-2-4-7-5-3-6-8-9(7)10(13)15-11(14)12-8;1-2-6-4-3-5-7-8(6)9(12)14-10(13)11-7;10-9(11,12)4-2-1-3-5-6(4)7(14)16-8(15)13-5;1-5-3-2-4-6-7(5)10-9(12)13-8(6)11/h3,5-6H,2,4H2,1H3,(H,12,14);3-5H,2H2,1H3,(H,11,13);1-3H,(H,13,15);2-4H,1H3,(H,10,12). The zero-order valence-corrected chi connectivity index (χ0v) is 30.6. The summed E-state index contributed by atoms with van der Waals surface area (Å²) in [6.45, 7) is 5.79. The highest BCUT2D eigenvalue weighted by molar-refractivity contribution is 5.82. The average Bonchev–Trinajstić information content (AvgIpc) is 3.15. The summed E-state index contributed by atoms with van der Waals surface area (Å²) in [5, 5.41) is 0.683. The Morgan fingerprint density at radius 1 is 0.517 bits per heavy atom. The molecule has 0 saturated heterocycles. The minimum Gasteiger partial charge on any atom is -0.372 e. The number of alkyl halides is 3. The fourth-order valence-electron chi connectivity index (χ4n) is 5.86. The summed E-state index contributed by atoms with van der Waals surface area (Å²) in [5.74, 6) is -3.22. The number of aromatic nitrogens is 4. The second-order valence-electron chi connectivity index (χ2n) is 12.2. The molecule has 19 heteroatoms. The molecule has 4 aromatic heterocycles. The van der Waals surface area contributed by atoms with Crippen LogP contribution in [0, 0.1) is 6.92 Å². The van der Waals surface area contributed by atoms with E-state index in [4.69, 9.17) is 0 Å². The highest BCUT2D eigenvalue weighted by Gasteiger charge is 2.34. The molecule has 0 aliphatic rings. The van der Waals surface area contributed by atoms with Crippen LogP contribution in [0.1, 0.15) is 42.5 Å². The van der Waals surface area contributed by atoms with Gasteiger partial charge in [-0.05, 0) is 66.8 Å². The van der Waals surface area contributed by atoms with Gasteiger partial charge in [0.15, 0.2) is 0 Å². The van der Waals surface area contributed by atoms with E-state index >= 15 is 0 Å². The molecule has 0 unspecified atom stereocenters. The number of aryl methyl sites for hydroxylation is 3. The van der Waals surface area contributed by atoms with Crippen molar-refractivity contribution in [1.29, 1.82) is 0 Å². The Morgan fingerprint density at radius 2 is 0.948 bits per heavy atom. The number of halogens is 3. The lowest BCUT2D eigenvalue weighted by Crippen LogP contribution is -2.18. The molecule has 16 nitrogen and oxygen atoms in total. The summed E-state index contributed by atoms with van der Waals surface area (Å²) >= 11 is 0. The normalized spacial score (nSPS) is 11.0. The van der Waals surface area contributed by atoms with Gasteiger partial charge < -0.3 is 17.7 Å². The van der Waals surface area contributed by atoms with Crippen molar-refractivity contribution in [3.63, 3.8) is 0 Å². The molecular formula is C39H31F3N4O12. The van der Waals surface area contributed by atoms with Crippen molar-refractivity contribution in [2.45, 2.75) is 46.2 Å². The number of fused-ring (bicyclic) bond motifs is 4. The Kier molecular flexibility index (Phi) is 12.5. The first-order chi connectivity index (χ1) is 27.5. The van der Waals surface area contributed by atoms with Crippen molar-refractivity contribution in [2.24, 2.45) is 0 Å². The van der Waals surface area contributed by atoms with Crippen molar-refractivity contribution in [2.75, 3.05) is 0 Å². The molecule has 0 amide bonds. The van der Waals surface area contributed by atoms with E-state index in [2.05, 4.69) is 32.6 Å². The van der Waals surface area contributed by atoms with E-state index in [1.54, 1.807) is 30.3 Å². The van der Waals surface area contributed by atoms with Gasteiger partial charge in [-0.15, -0.1) is 0 Å². The Labute approximate surface area is 319 Å². The van der Waals surface area contributed by atoms with Gasteiger partial charge in [-0.2, -0.15) is 13.2 Å². The van der Waals surface area contributed by atoms with Crippen LogP contribution in [-0.4, -0.2) is 19.9 Å². The molecule has 0 bridgehead atoms. The van der Waals surface area contributed by atoms with Crippen LogP contribution in [0.15, 0.2) is 129 Å². The van der Waals surface area contributed by atoms with Crippen molar-refractivity contribution in [3.8, 4) is 0 Å². The first-order valence-corrected chi connectivity index (χ1v) is 17.2. The van der Waals surface area contributed by atoms with Crippen molar-refractivity contribution in [1.82, 2.24) is 19.9 Å². The number of aromatic amines is 4. The van der Waals surface area contributed by atoms with Gasteiger partial charge in [-0.25, -0.2) is 38.4 Å². The molecule has 0 fully saturated rings. The quantitative estimate of drug-likeness (QED) is 0.189. The highest BCUT2D eigenvalue weighted by Crippen LogP contribution is 2.32. The summed E-state index contributed by atoms with van der Waals surface area (Å²) in [5.41, 5.74) is -0.0780. The van der Waals surface area contributed by atoms with Gasteiger partial charge in [0.1, 0.15) is 0 Å². The van der Waals surface area contributed by atoms with Crippen LogP contribution in [0.2, 0.25) is 0 Å². The Morgan fingerprint density at radius 3 is 1.47 bits per heavy atom. The highest BCUT2D eigenvalue weighted by atomic mass is 19.4. The van der Waals surface area contributed by atoms with Crippen LogP contribution in [0.5, 0.6) is 0 Å². The fraction of sp³-hybridized carbons (Fsp3) is 0.179. The number of hydrogen-bond donors (Lipinski definition) is 4. The topological polar surface area (TPSA) is 252 Å². The number of hydrogen-bond acceptors (Lipinski definition) is 12. The second-order valence-corrected chi connectivity index (χ2v) is 12.2. The zero-order chi connectivity index (χ0) is 42.3. The third-order valence-electron chi connectivity index (χ3n) is 8.36. The van der Waals surface area contributed by atoms with Crippen LogP contribution in [0.4, 0.5) is 13.2 Å². The van der Waals surface area contributed by atoms with Crippen molar-refractivity contribution in [3.05, 3.63) is 179 Å². The van der Waals surface area contributed by atoms with Gasteiger partial charge in [0.05, 0.1) is 49.2 Å². The minimum atomic E-state index is -4.67. The first-order valence-electron chi connectivity index (χ1n) is 17.2. The van der Waals surface area contributed by atoms with Crippen LogP contribution in [0.3, 0.4) is 0 Å². The van der Waals surface area contributed by atoms with Crippen LogP contribution < -0.4 is 45.5 Å². The lowest BCUT2D eigenvalue weighted by molar-refractivity contribution is -0.136. The number of H-pyrrole nitrogens is 4. The summed E-state index contributed by atoms with van der Waals surface area (Å²) in [6.07, 6.45) is -2.20. The van der Waals surface area contributed by atoms with E-state index in [9.17, 15) is 51.5 Å². The largest absolute Gasteiger partial charge is 0.419 e. The maximum absolute atomic E-state index is 12.5. The third kappa shape index (κ3) is 9.44. The Hall–Kier alpha value is -7.57. The molecule has 0 atom stereocenters. The first kappa shape index (κ1) is 41.6. The lowest BCUT2D eigenvalue weighted by atomic mass is 10.1. The summed E-state index contributed by atoms with van der Waals surface area (Å²) < 4.78 is 55.0. The van der Waals surface area contributed by atoms with E-state index in [-0.39, 0.29) is 5.52 Å². The molecule has 8 aromatic rings. The molecule has 4 heterocycles. The van der Waals surface area contributed by atoms with Crippen molar-refractivity contribution < 1.29 is 30.8 Å². The summed E-state index contributed by atoms with van der Waals surface area (Å²) in [6, 6.07) is 19.0. The van der Waals surface area contributed by atoms with Gasteiger partial charge in [-0.3, -0.25) is 19.9 Å². The predicted octanol–water partition coefficient (Wildman–Crippen LogP) is 4.77. The molecule has 300 valence electrons. The van der Waals surface area contributed by atoms with E-state index < -0.39 is 62.7 Å². The van der Waals surface area contributed by atoms with E-state index in [0.717, 1.165) is 48.1 Å². The van der Waals surface area contributed by atoms with Gasteiger partial charge in [0, 0.05) is 0 Å². The summed E-state index contributed by atoms with van der Waals surface area (Å²) in [7, 11) is 0. The van der Waals surface area contributed by atoms with Gasteiger partial charge in [0.25, 0.3) is 0 Å². The molecule has 8 rings (SSSR count). The Balaban J connectivity index is 0.000000148. The van der Waals surface area contributed by atoms with E-state index in [1.165, 1.54) is 6.07 Å². The van der Waals surface area contributed by atoms with Gasteiger partial charge in [0.2, 0.25) is 0 Å². The molecule has 4 aromatic carbocycles. The third-order valence-corrected chi connectivity index (χ3v) is 8.36. The maximum Gasteiger partial charge on any atom is 0.419 e. The monoisotopic (exact) mass is 804 g/mol. The second kappa shape index (κ2) is 17.5. The number of rotatable bonds is 3. The van der Waals surface area contributed by atoms with Crippen LogP contribution >= 0.6 is 0 Å². The van der Waals surface area contributed by atoms with Crippen LogP contribution in [0.25, 0.3) is 43.6 Å². The van der Waals surface area contributed by atoms with E-state index in [0.29, 0.717) is 32.7 Å². The van der Waals surface area contributed by atoms with E-state index in [1.807, 2.05) is 50.0 Å². The fourth-order valence-corrected chi connectivity index (χ4v) is 5.86. The number of nitrogens with one attached hydrogen (secondary N) is 4. The molecule has 0 spiro atoms. The maximum atomic E-state index is 12.5. The zero-order valence-electron chi connectivity index (χ0n) is 30.6. The number of para-hydroxylation sites is 1. The molecular weight excluding hydrogens is 773 g/mol. The number of benzene rings is 4. The predicted molar refractivity (Wildman–Crippen MR) is 206 cm³/mol.